The lowest BCUT2D eigenvalue weighted by atomic mass is 10.1. The van der Waals surface area contributed by atoms with Gasteiger partial charge in [0, 0.05) is 17.2 Å². The summed E-state index contributed by atoms with van der Waals surface area (Å²) in [5.74, 6) is -0.855. The summed E-state index contributed by atoms with van der Waals surface area (Å²) in [6.45, 7) is 12.4. The number of alkyl carbamates (subject to hydrolysis) is 1. The van der Waals surface area contributed by atoms with Crippen molar-refractivity contribution >= 4 is 40.7 Å². The molecule has 0 radical (unpaired) electrons. The second-order valence-electron chi connectivity index (χ2n) is 9.86. The zero-order valence-corrected chi connectivity index (χ0v) is 23.4. The van der Waals surface area contributed by atoms with Gasteiger partial charge in [0.1, 0.15) is 39.9 Å². The van der Waals surface area contributed by atoms with Crippen molar-refractivity contribution in [3.05, 3.63) is 27.7 Å². The summed E-state index contributed by atoms with van der Waals surface area (Å²) >= 11 is 2.52. The summed E-state index contributed by atoms with van der Waals surface area (Å²) in [6.07, 6.45) is 0.778. The van der Waals surface area contributed by atoms with Gasteiger partial charge in [-0.3, -0.25) is 0 Å². The molecule has 11 nitrogen and oxygen atoms in total. The van der Waals surface area contributed by atoms with E-state index in [4.69, 9.17) is 18.6 Å². The fourth-order valence-electron chi connectivity index (χ4n) is 2.87. The molecule has 0 aromatic carbocycles. The molecular formula is C24H30N4O7S2. The van der Waals surface area contributed by atoms with Gasteiger partial charge >= 0.3 is 18.0 Å². The van der Waals surface area contributed by atoms with E-state index in [1.54, 1.807) is 59.2 Å². The molecule has 1 amide bonds. The molecule has 0 aliphatic carbocycles. The van der Waals surface area contributed by atoms with Crippen molar-refractivity contribution in [1.29, 1.82) is 0 Å². The monoisotopic (exact) mass is 550 g/mol. The van der Waals surface area contributed by atoms with Crippen LogP contribution in [-0.4, -0.2) is 56.8 Å². The normalized spacial score (nSPS) is 12.6. The summed E-state index contributed by atoms with van der Waals surface area (Å²) < 4.78 is 21.3. The molecule has 3 aromatic rings. The maximum absolute atomic E-state index is 12.8. The third-order valence-corrected chi connectivity index (χ3v) is 5.98. The van der Waals surface area contributed by atoms with E-state index in [2.05, 4.69) is 20.3 Å². The first-order chi connectivity index (χ1) is 17.2. The van der Waals surface area contributed by atoms with E-state index >= 15 is 0 Å². The third-order valence-electron chi connectivity index (χ3n) is 4.24. The van der Waals surface area contributed by atoms with Gasteiger partial charge in [-0.1, -0.05) is 0 Å². The van der Waals surface area contributed by atoms with Crippen LogP contribution in [-0.2, 0) is 25.4 Å². The fourth-order valence-corrected chi connectivity index (χ4v) is 4.43. The van der Waals surface area contributed by atoms with E-state index in [-0.39, 0.29) is 24.6 Å². The lowest BCUT2D eigenvalue weighted by Crippen LogP contribution is -2.47. The molecule has 37 heavy (non-hydrogen) atoms. The summed E-state index contributed by atoms with van der Waals surface area (Å²) in [5, 5.41) is 6.97. The first kappa shape index (κ1) is 28.3. The number of aromatic nitrogens is 3. The molecule has 3 heterocycles. The molecule has 1 atom stereocenters. The molecule has 3 aromatic heterocycles. The van der Waals surface area contributed by atoms with Gasteiger partial charge in [-0.2, -0.15) is 0 Å². The molecule has 3 rings (SSSR count). The molecule has 0 fully saturated rings. The highest BCUT2D eigenvalue weighted by molar-refractivity contribution is 7.13. The van der Waals surface area contributed by atoms with Gasteiger partial charge < -0.3 is 23.9 Å². The number of ether oxygens (including phenoxy) is 3. The van der Waals surface area contributed by atoms with Gasteiger partial charge in [-0.05, 0) is 48.5 Å². The Morgan fingerprint density at radius 1 is 0.973 bits per heavy atom. The number of rotatable bonds is 8. The lowest BCUT2D eigenvalue weighted by Gasteiger charge is -2.25. The highest BCUT2D eigenvalue weighted by Gasteiger charge is 2.30. The number of amides is 1. The minimum Gasteiger partial charge on any atom is -0.461 e. The topological polar surface area (TPSA) is 143 Å². The molecule has 0 spiro atoms. The average Bonchev–Trinajstić information content (AvgIpc) is 3.50. The van der Waals surface area contributed by atoms with E-state index in [0.717, 1.165) is 0 Å². The fraction of sp³-hybridized carbons (Fsp3) is 0.500. The van der Waals surface area contributed by atoms with Gasteiger partial charge in [0.05, 0.1) is 11.6 Å². The van der Waals surface area contributed by atoms with E-state index < -0.39 is 35.3 Å². The van der Waals surface area contributed by atoms with Crippen molar-refractivity contribution in [3.63, 3.8) is 0 Å². The first-order valence-corrected chi connectivity index (χ1v) is 13.3. The number of nitrogens with zero attached hydrogens (tertiary/aromatic N) is 3. The summed E-state index contributed by atoms with van der Waals surface area (Å²) in [7, 11) is 0. The molecule has 0 unspecified atom stereocenters. The van der Waals surface area contributed by atoms with Crippen LogP contribution in [0.5, 0.6) is 0 Å². The van der Waals surface area contributed by atoms with Gasteiger partial charge in [-0.25, -0.2) is 29.3 Å². The number of hydrogen-bond donors (Lipinski definition) is 1. The van der Waals surface area contributed by atoms with Crippen molar-refractivity contribution in [2.75, 3.05) is 6.61 Å². The van der Waals surface area contributed by atoms with Crippen LogP contribution in [0.2, 0.25) is 0 Å². The number of thiazole rings is 2. The van der Waals surface area contributed by atoms with E-state index in [1.165, 1.54) is 28.9 Å². The Morgan fingerprint density at radius 2 is 1.68 bits per heavy atom. The van der Waals surface area contributed by atoms with Crippen LogP contribution < -0.4 is 5.32 Å². The number of esters is 2. The van der Waals surface area contributed by atoms with Gasteiger partial charge in [0.2, 0.25) is 5.89 Å². The number of carbonyl (C=O) groups is 3. The summed E-state index contributed by atoms with van der Waals surface area (Å²) in [4.78, 5) is 50.2. The third kappa shape index (κ3) is 8.35. The molecule has 0 saturated carbocycles. The zero-order valence-electron chi connectivity index (χ0n) is 21.7. The Balaban J connectivity index is 1.75. The van der Waals surface area contributed by atoms with E-state index in [1.807, 2.05) is 0 Å². The van der Waals surface area contributed by atoms with Crippen molar-refractivity contribution in [2.24, 2.45) is 0 Å². The minimum absolute atomic E-state index is 0.0851. The van der Waals surface area contributed by atoms with Crippen molar-refractivity contribution < 1.29 is 33.0 Å². The molecule has 0 aliphatic heterocycles. The first-order valence-electron chi connectivity index (χ1n) is 11.5. The van der Waals surface area contributed by atoms with Gasteiger partial charge in [-0.15, -0.1) is 22.7 Å². The molecule has 200 valence electrons. The Kier molecular flexibility index (Phi) is 8.69. The Hall–Kier alpha value is -3.32. The molecule has 1 N–H and O–H groups in total. The highest BCUT2D eigenvalue weighted by Crippen LogP contribution is 2.28. The molecule has 0 bridgehead atoms. The van der Waals surface area contributed by atoms with Crippen LogP contribution in [0.1, 0.15) is 64.0 Å². The van der Waals surface area contributed by atoms with E-state index in [0.29, 0.717) is 21.4 Å². The van der Waals surface area contributed by atoms with Crippen LogP contribution in [0.4, 0.5) is 4.79 Å². The Labute approximate surface area is 222 Å². The summed E-state index contributed by atoms with van der Waals surface area (Å²) in [6, 6.07) is -1.01. The van der Waals surface area contributed by atoms with Crippen LogP contribution in [0, 0.1) is 0 Å². The maximum atomic E-state index is 12.8. The number of nitrogens with one attached hydrogen (secondary N) is 1. The summed E-state index contributed by atoms with van der Waals surface area (Å²) in [5.41, 5.74) is -0.366. The number of oxazole rings is 1. The van der Waals surface area contributed by atoms with Crippen molar-refractivity contribution in [3.8, 4) is 22.3 Å². The molecule has 0 aliphatic rings. The number of carbonyl (C=O) groups excluding carboxylic acids is 3. The number of hydrogen-bond acceptors (Lipinski definition) is 12. The predicted molar refractivity (Wildman–Crippen MR) is 137 cm³/mol. The predicted octanol–water partition coefficient (Wildman–Crippen LogP) is 4.88. The standard InChI is InChI=1S/C24H30N4O7S2/c1-8-32-20(29)16-12-37-19(27-16)14-10-33-18(26-14)15-11-36-17(25-15)9-13(21(30)34-23(2,3)4)28-22(31)35-24(5,6)7/h10-13H,8-9H2,1-7H3,(H,28,31)/t13-/m0/s1. The van der Waals surface area contributed by atoms with Gasteiger partial charge in [0.15, 0.2) is 5.69 Å². The SMILES string of the molecule is CCOC(=O)c1csc(-c2coc(-c3csc(C[C@H](NC(=O)OC(C)(C)C)C(=O)OC(C)(C)C)n3)n2)n1. The van der Waals surface area contributed by atoms with Gasteiger partial charge in [0.25, 0.3) is 0 Å². The smallest absolute Gasteiger partial charge is 0.408 e. The average molecular weight is 551 g/mol. The largest absolute Gasteiger partial charge is 0.461 e. The van der Waals surface area contributed by atoms with Crippen LogP contribution in [0.3, 0.4) is 0 Å². The molecular weight excluding hydrogens is 520 g/mol. The van der Waals surface area contributed by atoms with Crippen LogP contribution >= 0.6 is 22.7 Å². The lowest BCUT2D eigenvalue weighted by molar-refractivity contribution is -0.157. The van der Waals surface area contributed by atoms with Crippen molar-refractivity contribution in [2.45, 2.75) is 72.1 Å². The zero-order chi connectivity index (χ0) is 27.4. The van der Waals surface area contributed by atoms with Crippen LogP contribution in [0.25, 0.3) is 22.3 Å². The molecule has 0 saturated heterocycles. The highest BCUT2D eigenvalue weighted by atomic mass is 32.1. The Morgan fingerprint density at radius 3 is 2.32 bits per heavy atom. The van der Waals surface area contributed by atoms with Crippen molar-refractivity contribution in [1.82, 2.24) is 20.3 Å². The maximum Gasteiger partial charge on any atom is 0.408 e. The van der Waals surface area contributed by atoms with Crippen LogP contribution in [0.15, 0.2) is 21.4 Å². The molecule has 13 heteroatoms. The van der Waals surface area contributed by atoms with E-state index in [9.17, 15) is 14.4 Å². The second-order valence-corrected chi connectivity index (χ2v) is 11.7. The minimum atomic E-state index is -1.01. The quantitative estimate of drug-likeness (QED) is 0.304. The second kappa shape index (κ2) is 11.4. The Bertz CT molecular complexity index is 1250.